The third-order valence-corrected chi connectivity index (χ3v) is 2.94. The zero-order valence-corrected chi connectivity index (χ0v) is 11.2. The first kappa shape index (κ1) is 14.3. The zero-order chi connectivity index (χ0) is 13.9. The second kappa shape index (κ2) is 5.73. The zero-order valence-electron chi connectivity index (χ0n) is 10.4. The third kappa shape index (κ3) is 3.37. The highest BCUT2D eigenvalue weighted by molar-refractivity contribution is 6.33. The number of hydrogen-bond acceptors (Lipinski definition) is 2. The maximum Gasteiger partial charge on any atom is 0.326 e. The van der Waals surface area contributed by atoms with Crippen LogP contribution < -0.4 is 5.32 Å². The molecule has 18 heavy (non-hydrogen) atoms. The van der Waals surface area contributed by atoms with Crippen molar-refractivity contribution in [1.82, 2.24) is 4.90 Å². The van der Waals surface area contributed by atoms with Gasteiger partial charge >= 0.3 is 12.0 Å². The lowest BCUT2D eigenvalue weighted by Crippen LogP contribution is -2.42. The molecular weight excluding hydrogens is 256 g/mol. The number of aliphatic carboxylic acids is 1. The molecule has 1 atom stereocenters. The topological polar surface area (TPSA) is 69.6 Å². The van der Waals surface area contributed by atoms with Gasteiger partial charge in [0.05, 0.1) is 10.7 Å². The summed E-state index contributed by atoms with van der Waals surface area (Å²) in [4.78, 5) is 23.6. The molecule has 0 aliphatic heterocycles. The fourth-order valence-electron chi connectivity index (χ4n) is 1.27. The van der Waals surface area contributed by atoms with Gasteiger partial charge in [-0.2, -0.15) is 0 Å². The van der Waals surface area contributed by atoms with Crippen LogP contribution in [0.15, 0.2) is 18.2 Å². The molecule has 0 saturated heterocycles. The molecule has 0 radical (unpaired) electrons. The van der Waals surface area contributed by atoms with E-state index < -0.39 is 18.0 Å². The normalized spacial score (nSPS) is 11.8. The first-order valence-electron chi connectivity index (χ1n) is 5.35. The van der Waals surface area contributed by atoms with E-state index in [0.29, 0.717) is 10.7 Å². The fourth-order valence-corrected chi connectivity index (χ4v) is 1.55. The molecule has 0 saturated carbocycles. The Kier molecular flexibility index (Phi) is 4.55. The number of rotatable bonds is 3. The van der Waals surface area contributed by atoms with Crippen molar-refractivity contribution >= 4 is 29.3 Å². The maximum atomic E-state index is 11.8. The summed E-state index contributed by atoms with van der Waals surface area (Å²) in [6, 6.07) is 3.78. The number of halogens is 1. The Morgan fingerprint density at radius 1 is 1.44 bits per heavy atom. The number of amides is 2. The number of hydrogen-bond donors (Lipinski definition) is 2. The number of urea groups is 1. The molecule has 1 rings (SSSR count). The predicted octanol–water partition coefficient (Wildman–Crippen LogP) is 2.59. The largest absolute Gasteiger partial charge is 0.480 e. The summed E-state index contributed by atoms with van der Waals surface area (Å²) < 4.78 is 0. The second-order valence-corrected chi connectivity index (χ2v) is 4.45. The van der Waals surface area contributed by atoms with Gasteiger partial charge in [0.25, 0.3) is 0 Å². The van der Waals surface area contributed by atoms with Gasteiger partial charge in [-0.3, -0.25) is 0 Å². The molecule has 0 aliphatic carbocycles. The Bertz CT molecular complexity index is 476. The van der Waals surface area contributed by atoms with Gasteiger partial charge in [0, 0.05) is 7.05 Å². The predicted molar refractivity (Wildman–Crippen MR) is 70.1 cm³/mol. The van der Waals surface area contributed by atoms with E-state index in [1.54, 1.807) is 12.1 Å². The van der Waals surface area contributed by atoms with E-state index in [1.165, 1.54) is 14.0 Å². The summed E-state index contributed by atoms with van der Waals surface area (Å²) in [6.45, 7) is 3.31. The van der Waals surface area contributed by atoms with Crippen LogP contribution in [0, 0.1) is 6.92 Å². The van der Waals surface area contributed by atoms with Crippen LogP contribution in [0.1, 0.15) is 12.5 Å². The van der Waals surface area contributed by atoms with Gasteiger partial charge < -0.3 is 15.3 Å². The van der Waals surface area contributed by atoms with Gasteiger partial charge in [0.15, 0.2) is 0 Å². The van der Waals surface area contributed by atoms with Crippen molar-refractivity contribution in [3.8, 4) is 0 Å². The molecular formula is C12H15ClN2O3. The Hall–Kier alpha value is -1.75. The van der Waals surface area contributed by atoms with Crippen molar-refractivity contribution in [2.45, 2.75) is 19.9 Å². The Morgan fingerprint density at radius 2 is 2.06 bits per heavy atom. The number of carbonyl (C=O) groups is 2. The van der Waals surface area contributed by atoms with E-state index in [1.807, 2.05) is 13.0 Å². The van der Waals surface area contributed by atoms with Crippen molar-refractivity contribution in [1.29, 1.82) is 0 Å². The molecule has 0 aromatic heterocycles. The molecule has 98 valence electrons. The van der Waals surface area contributed by atoms with Crippen LogP contribution >= 0.6 is 11.6 Å². The SMILES string of the molecule is Cc1ccc(NC(=O)N(C)C(C)C(=O)O)c(Cl)c1. The van der Waals surface area contributed by atoms with Gasteiger partial charge in [-0.25, -0.2) is 9.59 Å². The van der Waals surface area contributed by atoms with Crippen LogP contribution in [0.5, 0.6) is 0 Å². The van der Waals surface area contributed by atoms with Gasteiger partial charge in [-0.05, 0) is 31.5 Å². The van der Waals surface area contributed by atoms with E-state index in [4.69, 9.17) is 16.7 Å². The molecule has 1 aromatic rings. The summed E-state index contributed by atoms with van der Waals surface area (Å²) in [6.07, 6.45) is 0. The summed E-state index contributed by atoms with van der Waals surface area (Å²) >= 11 is 5.97. The molecule has 0 spiro atoms. The summed E-state index contributed by atoms with van der Waals surface area (Å²) in [5, 5.41) is 11.8. The number of nitrogens with one attached hydrogen (secondary N) is 1. The maximum absolute atomic E-state index is 11.8. The number of aryl methyl sites for hydroxylation is 1. The van der Waals surface area contributed by atoms with E-state index in [-0.39, 0.29) is 0 Å². The van der Waals surface area contributed by atoms with E-state index in [0.717, 1.165) is 10.5 Å². The van der Waals surface area contributed by atoms with Crippen molar-refractivity contribution in [2.75, 3.05) is 12.4 Å². The third-order valence-electron chi connectivity index (χ3n) is 2.62. The standard InChI is InChI=1S/C12H15ClN2O3/c1-7-4-5-10(9(13)6-7)14-12(18)15(3)8(2)11(16)17/h4-6,8H,1-3H3,(H,14,18)(H,16,17). The minimum Gasteiger partial charge on any atom is -0.480 e. The molecule has 2 N–H and O–H groups in total. The Labute approximate surface area is 110 Å². The Morgan fingerprint density at radius 3 is 2.56 bits per heavy atom. The lowest BCUT2D eigenvalue weighted by atomic mass is 10.2. The first-order chi connectivity index (χ1) is 8.32. The van der Waals surface area contributed by atoms with Gasteiger partial charge in [0.2, 0.25) is 0 Å². The van der Waals surface area contributed by atoms with E-state index >= 15 is 0 Å². The van der Waals surface area contributed by atoms with Crippen molar-refractivity contribution in [3.05, 3.63) is 28.8 Å². The van der Waals surface area contributed by atoms with Gasteiger partial charge in [-0.15, -0.1) is 0 Å². The lowest BCUT2D eigenvalue weighted by molar-refractivity contribution is -0.141. The van der Waals surface area contributed by atoms with E-state index in [9.17, 15) is 9.59 Å². The summed E-state index contributed by atoms with van der Waals surface area (Å²) in [5.74, 6) is -1.07. The molecule has 0 fully saturated rings. The van der Waals surface area contributed by atoms with Crippen LogP contribution in [0.3, 0.4) is 0 Å². The average Bonchev–Trinajstić information content (AvgIpc) is 2.30. The van der Waals surface area contributed by atoms with Gasteiger partial charge in [-0.1, -0.05) is 17.7 Å². The molecule has 0 heterocycles. The highest BCUT2D eigenvalue weighted by Gasteiger charge is 2.21. The van der Waals surface area contributed by atoms with E-state index in [2.05, 4.69) is 5.32 Å². The smallest absolute Gasteiger partial charge is 0.326 e. The number of nitrogens with zero attached hydrogens (tertiary/aromatic N) is 1. The quantitative estimate of drug-likeness (QED) is 0.887. The van der Waals surface area contributed by atoms with Crippen LogP contribution in [0.25, 0.3) is 0 Å². The van der Waals surface area contributed by atoms with Crippen LogP contribution in [0.2, 0.25) is 5.02 Å². The van der Waals surface area contributed by atoms with Gasteiger partial charge in [0.1, 0.15) is 6.04 Å². The minimum absolute atomic E-state index is 0.416. The molecule has 0 bridgehead atoms. The van der Waals surface area contributed by atoms with Crippen molar-refractivity contribution < 1.29 is 14.7 Å². The van der Waals surface area contributed by atoms with Crippen LogP contribution in [0.4, 0.5) is 10.5 Å². The fraction of sp³-hybridized carbons (Fsp3) is 0.333. The molecule has 2 amide bonds. The molecule has 1 unspecified atom stereocenters. The van der Waals surface area contributed by atoms with Crippen molar-refractivity contribution in [2.24, 2.45) is 0 Å². The summed E-state index contributed by atoms with van der Waals surface area (Å²) in [5.41, 5.74) is 1.43. The summed E-state index contributed by atoms with van der Waals surface area (Å²) in [7, 11) is 1.41. The molecule has 1 aromatic carbocycles. The first-order valence-corrected chi connectivity index (χ1v) is 5.73. The minimum atomic E-state index is -1.07. The number of likely N-dealkylation sites (N-methyl/N-ethyl adjacent to an activating group) is 1. The highest BCUT2D eigenvalue weighted by atomic mass is 35.5. The van der Waals surface area contributed by atoms with Crippen LogP contribution in [-0.2, 0) is 4.79 Å². The highest BCUT2D eigenvalue weighted by Crippen LogP contribution is 2.23. The molecule has 5 nitrogen and oxygen atoms in total. The monoisotopic (exact) mass is 270 g/mol. The molecule has 0 aliphatic rings. The Balaban J connectivity index is 2.78. The number of anilines is 1. The number of carboxylic acids is 1. The average molecular weight is 271 g/mol. The number of carboxylic acid groups (broad SMARTS) is 1. The number of carbonyl (C=O) groups excluding carboxylic acids is 1. The molecule has 6 heteroatoms. The second-order valence-electron chi connectivity index (χ2n) is 4.04. The van der Waals surface area contributed by atoms with Crippen LogP contribution in [-0.4, -0.2) is 35.1 Å². The lowest BCUT2D eigenvalue weighted by Gasteiger charge is -2.22. The van der Waals surface area contributed by atoms with Crippen molar-refractivity contribution in [3.63, 3.8) is 0 Å². The number of benzene rings is 1.